The van der Waals surface area contributed by atoms with Gasteiger partial charge in [0, 0.05) is 11.3 Å². The Labute approximate surface area is 151 Å². The second-order valence-corrected chi connectivity index (χ2v) is 6.63. The summed E-state index contributed by atoms with van der Waals surface area (Å²) in [6.07, 6.45) is 0. The monoisotopic (exact) mass is 354 g/mol. The van der Waals surface area contributed by atoms with Crippen molar-refractivity contribution in [2.24, 2.45) is 0 Å². The normalized spacial score (nSPS) is 10.9. The zero-order valence-corrected chi connectivity index (χ0v) is 15.3. The van der Waals surface area contributed by atoms with Crippen molar-refractivity contribution in [1.29, 1.82) is 0 Å². The van der Waals surface area contributed by atoms with Gasteiger partial charge in [-0.05, 0) is 68.7 Å². The quantitative estimate of drug-likeness (QED) is 0.709. The fourth-order valence-electron chi connectivity index (χ4n) is 3.01. The highest BCUT2D eigenvalue weighted by Gasteiger charge is 2.17. The molecule has 0 amide bonds. The first-order valence-corrected chi connectivity index (χ1v) is 8.34. The maximum absolute atomic E-state index is 11.4. The number of nitrogens with zero attached hydrogens (tertiary/aromatic N) is 2. The van der Waals surface area contributed by atoms with Crippen molar-refractivity contribution in [2.75, 3.05) is 0 Å². The van der Waals surface area contributed by atoms with Crippen LogP contribution < -0.4 is 0 Å². The molecule has 0 aliphatic rings. The fraction of sp³-hybridized carbons (Fsp3) is 0.200. The standard InChI is InChI=1S/C20H19ClN2O2/c1-11-5-7-16(9-12(11)2)23-14(4)19(13(3)22-23)15-6-8-18(21)17(10-15)20(24)25/h5-10H,1-4H3,(H,24,25). The molecule has 0 saturated heterocycles. The van der Waals surface area contributed by atoms with Crippen LogP contribution in [0, 0.1) is 27.7 Å². The van der Waals surface area contributed by atoms with Gasteiger partial charge < -0.3 is 5.11 Å². The lowest BCUT2D eigenvalue weighted by Crippen LogP contribution is -2.00. The predicted molar refractivity (Wildman–Crippen MR) is 99.9 cm³/mol. The van der Waals surface area contributed by atoms with Crippen molar-refractivity contribution >= 4 is 17.6 Å². The van der Waals surface area contributed by atoms with Gasteiger partial charge in [-0.3, -0.25) is 0 Å². The average molecular weight is 355 g/mol. The van der Waals surface area contributed by atoms with Crippen LogP contribution in [0.15, 0.2) is 36.4 Å². The predicted octanol–water partition coefficient (Wildman–Crippen LogP) is 5.12. The summed E-state index contributed by atoms with van der Waals surface area (Å²) in [4.78, 5) is 11.4. The van der Waals surface area contributed by atoms with E-state index in [2.05, 4.69) is 31.1 Å². The lowest BCUT2D eigenvalue weighted by Gasteiger charge is -2.09. The van der Waals surface area contributed by atoms with E-state index in [1.54, 1.807) is 12.1 Å². The number of aromatic carboxylic acids is 1. The van der Waals surface area contributed by atoms with Gasteiger partial charge in [-0.25, -0.2) is 9.48 Å². The Morgan fingerprint density at radius 1 is 1.04 bits per heavy atom. The number of carboxylic acids is 1. The van der Waals surface area contributed by atoms with Crippen LogP contribution in [0.1, 0.15) is 32.9 Å². The Morgan fingerprint density at radius 2 is 1.76 bits per heavy atom. The number of rotatable bonds is 3. The first-order valence-electron chi connectivity index (χ1n) is 7.96. The highest BCUT2D eigenvalue weighted by molar-refractivity contribution is 6.33. The molecule has 5 heteroatoms. The molecule has 3 rings (SSSR count). The van der Waals surface area contributed by atoms with Gasteiger partial charge in [0.1, 0.15) is 0 Å². The van der Waals surface area contributed by atoms with Gasteiger partial charge in [-0.15, -0.1) is 0 Å². The third-order valence-corrected chi connectivity index (χ3v) is 4.84. The van der Waals surface area contributed by atoms with Gasteiger partial charge in [0.15, 0.2) is 0 Å². The highest BCUT2D eigenvalue weighted by Crippen LogP contribution is 2.31. The molecule has 0 aliphatic carbocycles. The minimum absolute atomic E-state index is 0.0943. The summed E-state index contributed by atoms with van der Waals surface area (Å²) >= 11 is 5.99. The number of carbonyl (C=O) groups is 1. The van der Waals surface area contributed by atoms with Gasteiger partial charge >= 0.3 is 5.97 Å². The lowest BCUT2D eigenvalue weighted by molar-refractivity contribution is 0.0697. The number of benzene rings is 2. The summed E-state index contributed by atoms with van der Waals surface area (Å²) in [7, 11) is 0. The molecular formula is C20H19ClN2O2. The summed E-state index contributed by atoms with van der Waals surface area (Å²) in [5, 5.41) is 14.2. The van der Waals surface area contributed by atoms with Gasteiger partial charge in [0.25, 0.3) is 0 Å². The van der Waals surface area contributed by atoms with Gasteiger partial charge in [-0.1, -0.05) is 23.7 Å². The van der Waals surface area contributed by atoms with E-state index in [4.69, 9.17) is 11.6 Å². The number of hydrogen-bond donors (Lipinski definition) is 1. The fourth-order valence-corrected chi connectivity index (χ4v) is 3.21. The molecule has 2 aromatic carbocycles. The van der Waals surface area contributed by atoms with Crippen molar-refractivity contribution in [2.45, 2.75) is 27.7 Å². The van der Waals surface area contributed by atoms with Crippen LogP contribution in [0.25, 0.3) is 16.8 Å². The molecule has 0 radical (unpaired) electrons. The molecule has 4 nitrogen and oxygen atoms in total. The molecule has 3 aromatic rings. The first-order chi connectivity index (χ1) is 11.8. The molecule has 0 fully saturated rings. The van der Waals surface area contributed by atoms with E-state index in [-0.39, 0.29) is 10.6 Å². The summed E-state index contributed by atoms with van der Waals surface area (Å²) in [6.45, 7) is 8.06. The zero-order valence-electron chi connectivity index (χ0n) is 14.6. The Kier molecular flexibility index (Phi) is 4.39. The zero-order chi connectivity index (χ0) is 18.3. The van der Waals surface area contributed by atoms with Gasteiger partial charge in [0.05, 0.1) is 22.0 Å². The Bertz CT molecular complexity index is 990. The number of hydrogen-bond acceptors (Lipinski definition) is 2. The second kappa shape index (κ2) is 6.37. The van der Waals surface area contributed by atoms with Crippen LogP contribution in [0.3, 0.4) is 0 Å². The molecule has 1 aromatic heterocycles. The molecular weight excluding hydrogens is 336 g/mol. The minimum Gasteiger partial charge on any atom is -0.478 e. The van der Waals surface area contributed by atoms with Gasteiger partial charge in [0.2, 0.25) is 0 Å². The van der Waals surface area contributed by atoms with E-state index in [9.17, 15) is 9.90 Å². The van der Waals surface area contributed by atoms with Crippen LogP contribution in [0.2, 0.25) is 5.02 Å². The molecule has 1 N–H and O–H groups in total. The second-order valence-electron chi connectivity index (χ2n) is 6.23. The molecule has 1 heterocycles. The van der Waals surface area contributed by atoms with Gasteiger partial charge in [-0.2, -0.15) is 5.10 Å². The van der Waals surface area contributed by atoms with E-state index >= 15 is 0 Å². The Morgan fingerprint density at radius 3 is 2.40 bits per heavy atom. The molecule has 0 aliphatic heterocycles. The minimum atomic E-state index is -1.04. The van der Waals surface area contributed by atoms with Crippen molar-refractivity contribution < 1.29 is 9.90 Å². The van der Waals surface area contributed by atoms with E-state index in [0.29, 0.717) is 0 Å². The van der Waals surface area contributed by atoms with Crippen LogP contribution in [-0.4, -0.2) is 20.9 Å². The molecule has 0 spiro atoms. The largest absolute Gasteiger partial charge is 0.478 e. The van der Waals surface area contributed by atoms with Crippen LogP contribution in [-0.2, 0) is 0 Å². The van der Waals surface area contributed by atoms with E-state index in [0.717, 1.165) is 28.2 Å². The SMILES string of the molecule is Cc1ccc(-n2nc(C)c(-c3ccc(Cl)c(C(=O)O)c3)c2C)cc1C. The topological polar surface area (TPSA) is 55.1 Å². The molecule has 0 saturated carbocycles. The highest BCUT2D eigenvalue weighted by atomic mass is 35.5. The lowest BCUT2D eigenvalue weighted by atomic mass is 10.0. The van der Waals surface area contributed by atoms with E-state index < -0.39 is 5.97 Å². The molecule has 0 atom stereocenters. The van der Waals surface area contributed by atoms with Crippen molar-refractivity contribution in [3.05, 3.63) is 69.5 Å². The van der Waals surface area contributed by atoms with Crippen molar-refractivity contribution in [3.63, 3.8) is 0 Å². The Balaban J connectivity index is 2.16. The molecule has 0 unspecified atom stereocenters. The average Bonchev–Trinajstić information content (AvgIpc) is 2.85. The molecule has 25 heavy (non-hydrogen) atoms. The van der Waals surface area contributed by atoms with Crippen molar-refractivity contribution in [1.82, 2.24) is 9.78 Å². The smallest absolute Gasteiger partial charge is 0.337 e. The maximum atomic E-state index is 11.4. The summed E-state index contributed by atoms with van der Waals surface area (Å²) in [5.74, 6) is -1.04. The van der Waals surface area contributed by atoms with Crippen LogP contribution in [0.4, 0.5) is 0 Å². The molecule has 128 valence electrons. The number of aryl methyl sites for hydroxylation is 3. The van der Waals surface area contributed by atoms with E-state index in [1.807, 2.05) is 30.7 Å². The summed E-state index contributed by atoms with van der Waals surface area (Å²) in [5.41, 5.74) is 7.04. The Hall–Kier alpha value is -2.59. The number of aromatic nitrogens is 2. The van der Waals surface area contributed by atoms with Crippen LogP contribution in [0.5, 0.6) is 0 Å². The number of halogens is 1. The third kappa shape index (κ3) is 3.05. The molecule has 0 bridgehead atoms. The van der Waals surface area contributed by atoms with E-state index in [1.165, 1.54) is 11.1 Å². The van der Waals surface area contributed by atoms with Crippen LogP contribution >= 0.6 is 11.6 Å². The first kappa shape index (κ1) is 17.2. The number of carboxylic acid groups (broad SMARTS) is 1. The maximum Gasteiger partial charge on any atom is 0.337 e. The van der Waals surface area contributed by atoms with Crippen molar-refractivity contribution in [3.8, 4) is 16.8 Å². The summed E-state index contributed by atoms with van der Waals surface area (Å²) < 4.78 is 1.89. The summed E-state index contributed by atoms with van der Waals surface area (Å²) in [6, 6.07) is 11.3. The third-order valence-electron chi connectivity index (χ3n) is 4.51.